The first kappa shape index (κ1) is 16.7. The fraction of sp³-hybridized carbons (Fsp3) is 0.211. The first-order valence-corrected chi connectivity index (χ1v) is 8.73. The number of benzene rings is 1. The lowest BCUT2D eigenvalue weighted by Gasteiger charge is -2.41. The molecule has 3 aromatic heterocycles. The SMILES string of the molecule is C=C(Cc1noc2cc(Nc3n[nH]c4cccnc34)ccc12)N1CC(F)(F)C1. The predicted molar refractivity (Wildman–Crippen MR) is 101 cm³/mol. The number of halogens is 2. The van der Waals surface area contributed by atoms with E-state index in [-0.39, 0.29) is 13.1 Å². The van der Waals surface area contributed by atoms with Crippen LogP contribution in [0.3, 0.4) is 0 Å². The van der Waals surface area contributed by atoms with Gasteiger partial charge in [-0.25, -0.2) is 8.78 Å². The minimum Gasteiger partial charge on any atom is -0.363 e. The maximum Gasteiger partial charge on any atom is 0.282 e. The molecular formula is C19H16F2N6O. The van der Waals surface area contributed by atoms with Gasteiger partial charge in [-0.3, -0.25) is 10.1 Å². The van der Waals surface area contributed by atoms with Crippen LogP contribution in [-0.2, 0) is 6.42 Å². The van der Waals surface area contributed by atoms with Gasteiger partial charge in [-0.2, -0.15) is 5.10 Å². The van der Waals surface area contributed by atoms with Crippen molar-refractivity contribution in [3.8, 4) is 0 Å². The van der Waals surface area contributed by atoms with Gasteiger partial charge < -0.3 is 14.7 Å². The molecule has 0 bridgehead atoms. The maximum absolute atomic E-state index is 13.0. The molecule has 2 N–H and O–H groups in total. The molecule has 1 aromatic carbocycles. The molecule has 1 saturated heterocycles. The Hall–Kier alpha value is -3.49. The highest BCUT2D eigenvalue weighted by molar-refractivity contribution is 5.89. The number of H-pyrrole nitrogens is 1. The lowest BCUT2D eigenvalue weighted by atomic mass is 10.1. The van der Waals surface area contributed by atoms with Gasteiger partial charge in [-0.05, 0) is 24.3 Å². The molecular weight excluding hydrogens is 366 g/mol. The Bertz CT molecular complexity index is 1190. The molecule has 9 heteroatoms. The monoisotopic (exact) mass is 382 g/mol. The van der Waals surface area contributed by atoms with E-state index in [9.17, 15) is 8.78 Å². The Labute approximate surface area is 158 Å². The van der Waals surface area contributed by atoms with Gasteiger partial charge in [0.1, 0.15) is 5.52 Å². The van der Waals surface area contributed by atoms with Crippen LogP contribution in [0, 0.1) is 0 Å². The number of aromatic nitrogens is 4. The Morgan fingerprint density at radius 3 is 3.00 bits per heavy atom. The third-order valence-electron chi connectivity index (χ3n) is 4.79. The van der Waals surface area contributed by atoms with Gasteiger partial charge in [0.15, 0.2) is 11.4 Å². The number of nitrogens with zero attached hydrogens (tertiary/aromatic N) is 4. The van der Waals surface area contributed by atoms with Crippen molar-refractivity contribution >= 4 is 33.5 Å². The molecule has 0 unspecified atom stereocenters. The molecule has 0 saturated carbocycles. The van der Waals surface area contributed by atoms with Gasteiger partial charge in [-0.1, -0.05) is 11.7 Å². The molecule has 0 atom stereocenters. The Kier molecular flexibility index (Phi) is 3.58. The van der Waals surface area contributed by atoms with E-state index < -0.39 is 5.92 Å². The van der Waals surface area contributed by atoms with Crippen LogP contribution in [-0.4, -0.2) is 44.2 Å². The van der Waals surface area contributed by atoms with Crippen LogP contribution < -0.4 is 5.32 Å². The van der Waals surface area contributed by atoms with Crippen LogP contribution in [0.4, 0.5) is 20.3 Å². The number of likely N-dealkylation sites (tertiary alicyclic amines) is 1. The third-order valence-corrected chi connectivity index (χ3v) is 4.79. The van der Waals surface area contributed by atoms with E-state index in [1.165, 1.54) is 0 Å². The van der Waals surface area contributed by atoms with Crippen LogP contribution in [0.5, 0.6) is 0 Å². The molecule has 1 fully saturated rings. The van der Waals surface area contributed by atoms with Crippen molar-refractivity contribution in [3.05, 3.63) is 54.5 Å². The number of anilines is 2. The molecule has 0 aliphatic carbocycles. The van der Waals surface area contributed by atoms with E-state index in [1.807, 2.05) is 30.3 Å². The van der Waals surface area contributed by atoms with Crippen LogP contribution in [0.2, 0.25) is 0 Å². The van der Waals surface area contributed by atoms with E-state index in [4.69, 9.17) is 4.52 Å². The summed E-state index contributed by atoms with van der Waals surface area (Å²) in [5, 5.41) is 15.3. The van der Waals surface area contributed by atoms with Gasteiger partial charge >= 0.3 is 0 Å². The smallest absolute Gasteiger partial charge is 0.282 e. The van der Waals surface area contributed by atoms with Gasteiger partial charge in [0.05, 0.1) is 24.3 Å². The number of fused-ring (bicyclic) bond motifs is 2. The maximum atomic E-state index is 13.0. The average Bonchev–Trinajstić information content (AvgIpc) is 3.24. The van der Waals surface area contributed by atoms with Crippen molar-refractivity contribution in [3.63, 3.8) is 0 Å². The quantitative estimate of drug-likeness (QED) is 0.546. The van der Waals surface area contributed by atoms with Crippen molar-refractivity contribution in [1.82, 2.24) is 25.2 Å². The number of hydrogen-bond acceptors (Lipinski definition) is 6. The molecule has 7 nitrogen and oxygen atoms in total. The van der Waals surface area contributed by atoms with E-state index in [0.29, 0.717) is 29.2 Å². The topological polar surface area (TPSA) is 82.9 Å². The molecule has 0 radical (unpaired) electrons. The number of allylic oxidation sites excluding steroid dienone is 1. The van der Waals surface area contributed by atoms with Crippen molar-refractivity contribution in [2.24, 2.45) is 0 Å². The summed E-state index contributed by atoms with van der Waals surface area (Å²) < 4.78 is 31.5. The van der Waals surface area contributed by atoms with Gasteiger partial charge in [-0.15, -0.1) is 0 Å². The summed E-state index contributed by atoms with van der Waals surface area (Å²) >= 11 is 0. The zero-order valence-corrected chi connectivity index (χ0v) is 14.7. The van der Waals surface area contributed by atoms with Crippen molar-refractivity contribution < 1.29 is 13.3 Å². The highest BCUT2D eigenvalue weighted by Crippen LogP contribution is 2.32. The van der Waals surface area contributed by atoms with Crippen LogP contribution >= 0.6 is 0 Å². The molecule has 5 rings (SSSR count). The zero-order chi connectivity index (χ0) is 19.3. The summed E-state index contributed by atoms with van der Waals surface area (Å²) in [5.41, 5.74) is 4.22. The fourth-order valence-electron chi connectivity index (χ4n) is 3.31. The summed E-state index contributed by atoms with van der Waals surface area (Å²) in [7, 11) is 0. The Balaban J connectivity index is 1.35. The second-order valence-electron chi connectivity index (χ2n) is 6.89. The third kappa shape index (κ3) is 2.84. The molecule has 142 valence electrons. The number of alkyl halides is 2. The van der Waals surface area contributed by atoms with E-state index in [0.717, 1.165) is 22.1 Å². The summed E-state index contributed by atoms with van der Waals surface area (Å²) in [6, 6.07) is 9.31. The number of nitrogens with one attached hydrogen (secondary N) is 2. The number of hydrogen-bond donors (Lipinski definition) is 2. The van der Waals surface area contributed by atoms with Crippen LogP contribution in [0.15, 0.2) is 53.3 Å². The first-order valence-electron chi connectivity index (χ1n) is 8.73. The summed E-state index contributed by atoms with van der Waals surface area (Å²) in [4.78, 5) is 5.88. The molecule has 4 heterocycles. The minimum absolute atomic E-state index is 0.290. The van der Waals surface area contributed by atoms with Gasteiger partial charge in [0.2, 0.25) is 0 Å². The van der Waals surface area contributed by atoms with Gasteiger partial charge in [0, 0.05) is 35.5 Å². The van der Waals surface area contributed by atoms with E-state index in [1.54, 1.807) is 11.1 Å². The second kappa shape index (κ2) is 6.01. The van der Waals surface area contributed by atoms with Crippen LogP contribution in [0.1, 0.15) is 5.69 Å². The van der Waals surface area contributed by atoms with Gasteiger partial charge in [0.25, 0.3) is 5.92 Å². The highest BCUT2D eigenvalue weighted by Gasteiger charge is 2.44. The Morgan fingerprint density at radius 2 is 2.18 bits per heavy atom. The average molecular weight is 382 g/mol. The van der Waals surface area contributed by atoms with E-state index in [2.05, 4.69) is 32.2 Å². The summed E-state index contributed by atoms with van der Waals surface area (Å²) in [6.07, 6.45) is 2.07. The summed E-state index contributed by atoms with van der Waals surface area (Å²) in [5.74, 6) is -2.01. The molecule has 4 aromatic rings. The second-order valence-corrected chi connectivity index (χ2v) is 6.89. The standard InChI is InChI=1S/C19H16F2N6O/c1-11(27-9-19(20,21)10-27)7-15-13-5-4-12(8-16(13)28-26-15)23-18-17-14(24-25-18)3-2-6-22-17/h2-6,8H,1,7,9-10H2,(H2,23,24,25). The number of rotatable bonds is 5. The lowest BCUT2D eigenvalue weighted by Crippen LogP contribution is -2.55. The predicted octanol–water partition coefficient (Wildman–Crippen LogP) is 3.85. The lowest BCUT2D eigenvalue weighted by molar-refractivity contribution is -0.116. The molecule has 28 heavy (non-hydrogen) atoms. The first-order chi connectivity index (χ1) is 13.5. The van der Waals surface area contributed by atoms with Crippen molar-refractivity contribution in [2.75, 3.05) is 18.4 Å². The zero-order valence-electron chi connectivity index (χ0n) is 14.7. The van der Waals surface area contributed by atoms with Crippen molar-refractivity contribution in [1.29, 1.82) is 0 Å². The molecule has 0 amide bonds. The van der Waals surface area contributed by atoms with Crippen molar-refractivity contribution in [2.45, 2.75) is 12.3 Å². The number of aromatic amines is 1. The molecule has 1 aliphatic heterocycles. The minimum atomic E-state index is -2.62. The number of pyridine rings is 1. The van der Waals surface area contributed by atoms with Crippen LogP contribution in [0.25, 0.3) is 22.0 Å². The summed E-state index contributed by atoms with van der Waals surface area (Å²) in [6.45, 7) is 3.32. The highest BCUT2D eigenvalue weighted by atomic mass is 19.3. The Morgan fingerprint density at radius 1 is 1.32 bits per heavy atom. The normalized spacial score (nSPS) is 15.7. The van der Waals surface area contributed by atoms with E-state index >= 15 is 0 Å². The fourth-order valence-corrected chi connectivity index (χ4v) is 3.31. The molecule has 1 aliphatic rings. The largest absolute Gasteiger partial charge is 0.363 e. The molecule has 0 spiro atoms.